The van der Waals surface area contributed by atoms with Crippen LogP contribution in [-0.2, 0) is 0 Å². The summed E-state index contributed by atoms with van der Waals surface area (Å²) < 4.78 is 0. The fraction of sp³-hybridized carbons (Fsp3) is 0.818. The molecule has 0 aromatic heterocycles. The molecule has 0 amide bonds. The van der Waals surface area contributed by atoms with E-state index >= 15 is 0 Å². The highest BCUT2D eigenvalue weighted by Crippen LogP contribution is 2.05. The molecule has 76 valence electrons. The third kappa shape index (κ3) is 5.06. The van der Waals surface area contributed by atoms with E-state index in [0.29, 0.717) is 0 Å². The van der Waals surface area contributed by atoms with Gasteiger partial charge in [-0.05, 0) is 45.8 Å². The van der Waals surface area contributed by atoms with E-state index in [1.165, 1.54) is 38.0 Å². The van der Waals surface area contributed by atoms with Gasteiger partial charge in [-0.1, -0.05) is 5.57 Å². The van der Waals surface area contributed by atoms with Gasteiger partial charge in [-0.3, -0.25) is 0 Å². The second-order valence-electron chi connectivity index (χ2n) is 4.01. The van der Waals surface area contributed by atoms with Crippen LogP contribution in [0.2, 0.25) is 0 Å². The molecule has 1 aliphatic heterocycles. The first-order valence-electron chi connectivity index (χ1n) is 5.36. The molecule has 0 saturated carbocycles. The Hall–Kier alpha value is -0.340. The molecule has 1 N–H and O–H groups in total. The van der Waals surface area contributed by atoms with Crippen molar-refractivity contribution in [3.63, 3.8) is 0 Å². The monoisotopic (exact) mass is 182 g/mol. The highest BCUT2D eigenvalue weighted by atomic mass is 15.1. The molecule has 13 heavy (non-hydrogen) atoms. The zero-order valence-corrected chi connectivity index (χ0v) is 8.81. The van der Waals surface area contributed by atoms with Crippen LogP contribution >= 0.6 is 0 Å². The van der Waals surface area contributed by atoms with Crippen molar-refractivity contribution in [3.05, 3.63) is 12.2 Å². The van der Waals surface area contributed by atoms with Gasteiger partial charge in [0.2, 0.25) is 0 Å². The molecule has 2 heteroatoms. The quantitative estimate of drug-likeness (QED) is 0.496. The van der Waals surface area contributed by atoms with E-state index < -0.39 is 0 Å². The van der Waals surface area contributed by atoms with Crippen molar-refractivity contribution in [1.29, 1.82) is 0 Å². The summed E-state index contributed by atoms with van der Waals surface area (Å²) in [5.74, 6) is 0. The summed E-state index contributed by atoms with van der Waals surface area (Å²) in [6, 6.07) is 0. The number of likely N-dealkylation sites (tertiary alicyclic amines) is 1. The molecular weight excluding hydrogens is 160 g/mol. The van der Waals surface area contributed by atoms with Crippen LogP contribution in [0.4, 0.5) is 0 Å². The molecule has 0 aromatic carbocycles. The Kier molecular flexibility index (Phi) is 5.09. The zero-order valence-electron chi connectivity index (χ0n) is 8.81. The fourth-order valence-corrected chi connectivity index (χ4v) is 1.67. The van der Waals surface area contributed by atoms with Crippen molar-refractivity contribution in [2.75, 3.05) is 32.7 Å². The van der Waals surface area contributed by atoms with E-state index in [1.807, 2.05) is 0 Å². The Morgan fingerprint density at radius 2 is 2.00 bits per heavy atom. The molecule has 0 bridgehead atoms. The van der Waals surface area contributed by atoms with Gasteiger partial charge in [-0.15, -0.1) is 6.58 Å². The summed E-state index contributed by atoms with van der Waals surface area (Å²) in [5.41, 5.74) is 1.27. The fourth-order valence-electron chi connectivity index (χ4n) is 1.67. The lowest BCUT2D eigenvalue weighted by Gasteiger charge is -2.14. The van der Waals surface area contributed by atoms with Crippen molar-refractivity contribution in [2.24, 2.45) is 0 Å². The first-order valence-corrected chi connectivity index (χ1v) is 5.36. The molecule has 1 aliphatic rings. The molecule has 0 atom stereocenters. The zero-order chi connectivity index (χ0) is 9.52. The summed E-state index contributed by atoms with van der Waals surface area (Å²) in [5, 5.41) is 3.44. The summed E-state index contributed by atoms with van der Waals surface area (Å²) in [4.78, 5) is 2.54. The van der Waals surface area contributed by atoms with Crippen molar-refractivity contribution < 1.29 is 0 Å². The van der Waals surface area contributed by atoms with E-state index in [9.17, 15) is 0 Å². The van der Waals surface area contributed by atoms with E-state index in [0.717, 1.165) is 19.5 Å². The lowest BCUT2D eigenvalue weighted by atomic mass is 10.2. The van der Waals surface area contributed by atoms with Crippen molar-refractivity contribution in [3.8, 4) is 0 Å². The van der Waals surface area contributed by atoms with E-state index in [1.54, 1.807) is 0 Å². The Balaban J connectivity index is 1.86. The molecule has 0 aliphatic carbocycles. The third-order valence-corrected chi connectivity index (χ3v) is 2.53. The predicted molar refractivity (Wildman–Crippen MR) is 58.0 cm³/mol. The number of rotatable bonds is 6. The van der Waals surface area contributed by atoms with E-state index in [4.69, 9.17) is 0 Å². The maximum Gasteiger partial charge on any atom is 0.0107 e. The molecule has 0 unspecified atom stereocenters. The van der Waals surface area contributed by atoms with Crippen molar-refractivity contribution in [2.45, 2.75) is 26.2 Å². The molecule has 0 spiro atoms. The smallest absolute Gasteiger partial charge is 0.0107 e. The average Bonchev–Trinajstić information content (AvgIpc) is 2.55. The maximum atomic E-state index is 3.88. The first kappa shape index (κ1) is 10.7. The van der Waals surface area contributed by atoms with Gasteiger partial charge >= 0.3 is 0 Å². The van der Waals surface area contributed by atoms with Crippen LogP contribution in [0.1, 0.15) is 26.2 Å². The summed E-state index contributed by atoms with van der Waals surface area (Å²) in [7, 11) is 0. The van der Waals surface area contributed by atoms with E-state index in [-0.39, 0.29) is 0 Å². The number of hydrogen-bond donors (Lipinski definition) is 1. The van der Waals surface area contributed by atoms with Gasteiger partial charge in [0.05, 0.1) is 0 Å². The van der Waals surface area contributed by atoms with Gasteiger partial charge in [0.25, 0.3) is 0 Å². The Bertz CT molecular complexity index is 148. The molecular formula is C11H22N2. The summed E-state index contributed by atoms with van der Waals surface area (Å²) in [6.07, 6.45) is 3.90. The van der Waals surface area contributed by atoms with Gasteiger partial charge in [0, 0.05) is 13.1 Å². The second-order valence-corrected chi connectivity index (χ2v) is 4.01. The normalized spacial score (nSPS) is 17.9. The van der Waals surface area contributed by atoms with E-state index in [2.05, 4.69) is 23.7 Å². The molecule has 1 saturated heterocycles. The standard InChI is InChI=1S/C11H22N2/c1-11(2)5-6-12-7-10-13-8-3-4-9-13/h12H,1,3-10H2,2H3. The topological polar surface area (TPSA) is 15.3 Å². The van der Waals surface area contributed by atoms with Crippen LogP contribution < -0.4 is 5.32 Å². The predicted octanol–water partition coefficient (Wildman–Crippen LogP) is 1.64. The number of nitrogens with zero attached hydrogens (tertiary/aromatic N) is 1. The van der Waals surface area contributed by atoms with Crippen LogP contribution in [0.25, 0.3) is 0 Å². The van der Waals surface area contributed by atoms with Crippen molar-refractivity contribution >= 4 is 0 Å². The highest BCUT2D eigenvalue weighted by molar-refractivity contribution is 4.88. The first-order chi connectivity index (χ1) is 6.29. The SMILES string of the molecule is C=C(C)CCNCCN1CCCC1. The van der Waals surface area contributed by atoms with Crippen LogP contribution in [0, 0.1) is 0 Å². The third-order valence-electron chi connectivity index (χ3n) is 2.53. The van der Waals surface area contributed by atoms with Gasteiger partial charge in [-0.25, -0.2) is 0 Å². The largest absolute Gasteiger partial charge is 0.315 e. The van der Waals surface area contributed by atoms with Crippen molar-refractivity contribution in [1.82, 2.24) is 10.2 Å². The van der Waals surface area contributed by atoms with Gasteiger partial charge < -0.3 is 10.2 Å². The Morgan fingerprint density at radius 1 is 1.31 bits per heavy atom. The summed E-state index contributed by atoms with van der Waals surface area (Å²) >= 11 is 0. The van der Waals surface area contributed by atoms with Gasteiger partial charge in [0.15, 0.2) is 0 Å². The van der Waals surface area contributed by atoms with Crippen LogP contribution in [-0.4, -0.2) is 37.6 Å². The molecule has 0 aromatic rings. The molecule has 1 heterocycles. The minimum Gasteiger partial charge on any atom is -0.315 e. The maximum absolute atomic E-state index is 3.88. The number of hydrogen-bond acceptors (Lipinski definition) is 2. The highest BCUT2D eigenvalue weighted by Gasteiger charge is 2.09. The van der Waals surface area contributed by atoms with Crippen LogP contribution in [0.3, 0.4) is 0 Å². The Labute approximate surface area is 82.0 Å². The summed E-state index contributed by atoms with van der Waals surface area (Å²) in [6.45, 7) is 12.0. The number of nitrogens with one attached hydrogen (secondary N) is 1. The lowest BCUT2D eigenvalue weighted by molar-refractivity contribution is 0.336. The minimum absolute atomic E-state index is 1.09. The van der Waals surface area contributed by atoms with Crippen LogP contribution in [0.5, 0.6) is 0 Å². The molecule has 1 rings (SSSR count). The second kappa shape index (κ2) is 6.17. The molecule has 0 radical (unpaired) electrons. The van der Waals surface area contributed by atoms with Gasteiger partial charge in [-0.2, -0.15) is 0 Å². The Morgan fingerprint density at radius 3 is 2.62 bits per heavy atom. The van der Waals surface area contributed by atoms with Gasteiger partial charge in [0.1, 0.15) is 0 Å². The minimum atomic E-state index is 1.09. The van der Waals surface area contributed by atoms with Crippen LogP contribution in [0.15, 0.2) is 12.2 Å². The lowest BCUT2D eigenvalue weighted by Crippen LogP contribution is -2.30. The molecule has 2 nitrogen and oxygen atoms in total. The molecule has 1 fully saturated rings. The average molecular weight is 182 g/mol.